The lowest BCUT2D eigenvalue weighted by Crippen LogP contribution is -2.27. The van der Waals surface area contributed by atoms with E-state index in [1.165, 1.54) is 29.2 Å². The molecule has 1 heterocycles. The standard InChI is InChI=1S/C25H18ClFN2O4S/c26-18-5-1-17(2-6-18)14-29-24(31)22(34-25(29)32)13-16-3-11-21(12-4-16)33-15-23(30)28-20-9-7-19(27)8-10-20/h1-13H,14-15H2,(H,28,30)/b22-13+. The van der Waals surface area contributed by atoms with Gasteiger partial charge in [-0.25, -0.2) is 4.39 Å². The number of carbonyl (C=O) groups excluding carboxylic acids is 3. The summed E-state index contributed by atoms with van der Waals surface area (Å²) in [4.78, 5) is 38.5. The van der Waals surface area contributed by atoms with E-state index in [1.807, 2.05) is 0 Å². The molecule has 1 fully saturated rings. The Labute approximate surface area is 204 Å². The van der Waals surface area contributed by atoms with Crippen LogP contribution < -0.4 is 10.1 Å². The molecule has 0 aliphatic carbocycles. The summed E-state index contributed by atoms with van der Waals surface area (Å²) in [5.41, 5.74) is 1.98. The van der Waals surface area contributed by atoms with Crippen molar-refractivity contribution >= 4 is 52.2 Å². The topological polar surface area (TPSA) is 75.7 Å². The Kier molecular flexibility index (Phi) is 7.30. The minimum atomic E-state index is -0.388. The molecule has 172 valence electrons. The third-order valence-electron chi connectivity index (χ3n) is 4.80. The second-order valence-corrected chi connectivity index (χ2v) is 8.74. The first-order chi connectivity index (χ1) is 16.4. The van der Waals surface area contributed by atoms with Crippen molar-refractivity contribution in [2.24, 2.45) is 0 Å². The first kappa shape index (κ1) is 23.5. The Morgan fingerprint density at radius 2 is 1.68 bits per heavy atom. The molecule has 1 saturated heterocycles. The smallest absolute Gasteiger partial charge is 0.293 e. The summed E-state index contributed by atoms with van der Waals surface area (Å²) in [6.07, 6.45) is 1.64. The van der Waals surface area contributed by atoms with Gasteiger partial charge in [0.2, 0.25) is 0 Å². The van der Waals surface area contributed by atoms with Crippen molar-refractivity contribution in [1.82, 2.24) is 4.90 Å². The van der Waals surface area contributed by atoms with Crippen molar-refractivity contribution in [2.75, 3.05) is 11.9 Å². The van der Waals surface area contributed by atoms with Gasteiger partial charge in [-0.1, -0.05) is 35.9 Å². The van der Waals surface area contributed by atoms with Crippen LogP contribution in [0.1, 0.15) is 11.1 Å². The Balaban J connectivity index is 1.33. The zero-order chi connectivity index (χ0) is 24.1. The molecule has 9 heteroatoms. The quantitative estimate of drug-likeness (QED) is 0.422. The SMILES string of the molecule is O=C(COc1ccc(/C=C2/SC(=O)N(Cc3ccc(Cl)cc3)C2=O)cc1)Nc1ccc(F)cc1. The zero-order valence-corrected chi connectivity index (χ0v) is 19.2. The fraction of sp³-hybridized carbons (Fsp3) is 0.0800. The van der Waals surface area contributed by atoms with E-state index in [1.54, 1.807) is 54.6 Å². The van der Waals surface area contributed by atoms with E-state index in [2.05, 4.69) is 5.32 Å². The van der Waals surface area contributed by atoms with Crippen molar-refractivity contribution < 1.29 is 23.5 Å². The van der Waals surface area contributed by atoms with Gasteiger partial charge in [0.05, 0.1) is 11.4 Å². The normalized spacial score (nSPS) is 14.5. The number of nitrogens with zero attached hydrogens (tertiary/aromatic N) is 1. The van der Waals surface area contributed by atoms with Gasteiger partial charge >= 0.3 is 0 Å². The first-order valence-corrected chi connectivity index (χ1v) is 11.3. The molecule has 34 heavy (non-hydrogen) atoms. The van der Waals surface area contributed by atoms with E-state index in [0.29, 0.717) is 26.9 Å². The number of amides is 3. The molecule has 0 spiro atoms. The Bertz CT molecular complexity index is 1250. The van der Waals surface area contributed by atoms with E-state index in [9.17, 15) is 18.8 Å². The van der Waals surface area contributed by atoms with Crippen LogP contribution in [0.2, 0.25) is 5.02 Å². The van der Waals surface area contributed by atoms with Crippen molar-refractivity contribution in [3.8, 4) is 5.75 Å². The molecule has 3 amide bonds. The molecule has 1 aliphatic heterocycles. The van der Waals surface area contributed by atoms with Gasteiger partial charge in [0.15, 0.2) is 6.61 Å². The predicted molar refractivity (Wildman–Crippen MR) is 130 cm³/mol. The van der Waals surface area contributed by atoms with Crippen molar-refractivity contribution in [2.45, 2.75) is 6.54 Å². The Hall–Kier alpha value is -3.62. The maximum absolute atomic E-state index is 12.9. The average molecular weight is 497 g/mol. The van der Waals surface area contributed by atoms with Crippen LogP contribution in [0.5, 0.6) is 5.75 Å². The summed E-state index contributed by atoms with van der Waals surface area (Å²) < 4.78 is 18.4. The molecule has 1 aliphatic rings. The van der Waals surface area contributed by atoms with E-state index < -0.39 is 0 Å². The van der Waals surface area contributed by atoms with Crippen molar-refractivity contribution in [3.05, 3.63) is 99.7 Å². The zero-order valence-electron chi connectivity index (χ0n) is 17.7. The molecule has 3 aromatic carbocycles. The molecule has 6 nitrogen and oxygen atoms in total. The fourth-order valence-corrected chi connectivity index (χ4v) is 4.06. The van der Waals surface area contributed by atoms with Crippen LogP contribution in [0.25, 0.3) is 6.08 Å². The summed E-state index contributed by atoms with van der Waals surface area (Å²) in [5, 5.41) is 2.86. The van der Waals surface area contributed by atoms with Crippen LogP contribution in [0.3, 0.4) is 0 Å². The van der Waals surface area contributed by atoms with Crippen LogP contribution >= 0.6 is 23.4 Å². The molecule has 3 aromatic rings. The molecule has 0 saturated carbocycles. The Morgan fingerprint density at radius 1 is 1.00 bits per heavy atom. The average Bonchev–Trinajstić information content (AvgIpc) is 3.09. The number of imide groups is 1. The van der Waals surface area contributed by atoms with Crippen LogP contribution in [-0.2, 0) is 16.1 Å². The number of rotatable bonds is 7. The molecular formula is C25H18ClFN2O4S. The number of thioether (sulfide) groups is 1. The summed E-state index contributed by atoms with van der Waals surface area (Å²) >= 11 is 6.77. The second kappa shape index (κ2) is 10.5. The largest absolute Gasteiger partial charge is 0.484 e. The van der Waals surface area contributed by atoms with Gasteiger partial charge in [0.1, 0.15) is 11.6 Å². The fourth-order valence-electron chi connectivity index (χ4n) is 3.10. The van der Waals surface area contributed by atoms with Gasteiger partial charge < -0.3 is 10.1 Å². The van der Waals surface area contributed by atoms with Gasteiger partial charge in [-0.2, -0.15) is 0 Å². The molecule has 0 bridgehead atoms. The van der Waals surface area contributed by atoms with Crippen LogP contribution in [0.4, 0.5) is 14.9 Å². The minimum Gasteiger partial charge on any atom is -0.484 e. The number of ether oxygens (including phenoxy) is 1. The van der Waals surface area contributed by atoms with Crippen LogP contribution in [0, 0.1) is 5.82 Å². The lowest BCUT2D eigenvalue weighted by Gasteiger charge is -2.12. The van der Waals surface area contributed by atoms with E-state index in [0.717, 1.165) is 17.3 Å². The van der Waals surface area contributed by atoms with Crippen LogP contribution in [-0.4, -0.2) is 28.6 Å². The van der Waals surface area contributed by atoms with Gasteiger partial charge in [0, 0.05) is 10.7 Å². The first-order valence-electron chi connectivity index (χ1n) is 10.2. The highest BCUT2D eigenvalue weighted by molar-refractivity contribution is 8.18. The lowest BCUT2D eigenvalue weighted by molar-refractivity contribution is -0.123. The molecular weight excluding hydrogens is 479 g/mol. The minimum absolute atomic E-state index is 0.173. The molecule has 0 radical (unpaired) electrons. The summed E-state index contributed by atoms with van der Waals surface area (Å²) in [5.74, 6) is -0.671. The molecule has 1 N–H and O–H groups in total. The van der Waals surface area contributed by atoms with E-state index >= 15 is 0 Å². The highest BCUT2D eigenvalue weighted by atomic mass is 35.5. The third-order valence-corrected chi connectivity index (χ3v) is 5.96. The number of carbonyl (C=O) groups is 3. The van der Waals surface area contributed by atoms with Gasteiger partial charge in [0.25, 0.3) is 17.1 Å². The highest BCUT2D eigenvalue weighted by Gasteiger charge is 2.34. The van der Waals surface area contributed by atoms with Crippen molar-refractivity contribution in [1.29, 1.82) is 0 Å². The van der Waals surface area contributed by atoms with Crippen LogP contribution in [0.15, 0.2) is 77.7 Å². The number of benzene rings is 3. The number of halogens is 2. The van der Waals surface area contributed by atoms with Gasteiger partial charge in [-0.05, 0) is 77.5 Å². The van der Waals surface area contributed by atoms with Gasteiger partial charge in [-0.15, -0.1) is 0 Å². The van der Waals surface area contributed by atoms with E-state index in [-0.39, 0.29) is 36.0 Å². The van der Waals surface area contributed by atoms with Crippen molar-refractivity contribution in [3.63, 3.8) is 0 Å². The monoisotopic (exact) mass is 496 g/mol. The predicted octanol–water partition coefficient (Wildman–Crippen LogP) is 5.73. The van der Waals surface area contributed by atoms with Gasteiger partial charge in [-0.3, -0.25) is 19.3 Å². The molecule has 4 rings (SSSR count). The van der Waals surface area contributed by atoms with E-state index in [4.69, 9.17) is 16.3 Å². The summed E-state index contributed by atoms with van der Waals surface area (Å²) in [6, 6.07) is 19.2. The molecule has 0 unspecified atom stereocenters. The number of hydrogen-bond donors (Lipinski definition) is 1. The highest BCUT2D eigenvalue weighted by Crippen LogP contribution is 2.33. The number of nitrogens with one attached hydrogen (secondary N) is 1. The number of hydrogen-bond acceptors (Lipinski definition) is 5. The Morgan fingerprint density at radius 3 is 2.35 bits per heavy atom. The summed E-state index contributed by atoms with van der Waals surface area (Å²) in [6.45, 7) is -0.0494. The summed E-state index contributed by atoms with van der Waals surface area (Å²) in [7, 11) is 0. The number of anilines is 1. The second-order valence-electron chi connectivity index (χ2n) is 7.31. The molecule has 0 aromatic heterocycles. The maximum Gasteiger partial charge on any atom is 0.293 e. The lowest BCUT2D eigenvalue weighted by atomic mass is 10.2. The maximum atomic E-state index is 12.9. The molecule has 0 atom stereocenters. The third kappa shape index (κ3) is 6.03.